The highest BCUT2D eigenvalue weighted by molar-refractivity contribution is 7.91. The molecule has 1 rings (SSSR count). The van der Waals surface area contributed by atoms with Gasteiger partial charge in [0.2, 0.25) is 0 Å². The summed E-state index contributed by atoms with van der Waals surface area (Å²) in [6, 6.07) is 0. The van der Waals surface area contributed by atoms with Crippen LogP contribution < -0.4 is 5.73 Å². The maximum Gasteiger partial charge on any atom is 0.150 e. The van der Waals surface area contributed by atoms with Gasteiger partial charge in [0.1, 0.15) is 0 Å². The third kappa shape index (κ3) is 3.74. The van der Waals surface area contributed by atoms with Gasteiger partial charge in [0, 0.05) is 6.61 Å². The van der Waals surface area contributed by atoms with Gasteiger partial charge in [-0.05, 0) is 38.6 Å². The van der Waals surface area contributed by atoms with Crippen molar-refractivity contribution in [2.24, 2.45) is 11.1 Å². The molecule has 4 nitrogen and oxygen atoms in total. The van der Waals surface area contributed by atoms with Crippen LogP contribution in [0.2, 0.25) is 0 Å². The number of nitrogens with two attached hydrogens (primary N) is 1. The zero-order valence-electron chi connectivity index (χ0n) is 9.53. The molecular weight excluding hydrogens is 214 g/mol. The second-order valence-corrected chi connectivity index (χ2v) is 6.90. The fourth-order valence-electron chi connectivity index (χ4n) is 1.95. The lowest BCUT2D eigenvalue weighted by molar-refractivity contribution is 0.0568. The molecule has 0 bridgehead atoms. The molecule has 0 radical (unpaired) electrons. The van der Waals surface area contributed by atoms with Crippen molar-refractivity contribution in [3.05, 3.63) is 0 Å². The van der Waals surface area contributed by atoms with E-state index in [0.29, 0.717) is 19.6 Å². The van der Waals surface area contributed by atoms with E-state index >= 15 is 0 Å². The van der Waals surface area contributed by atoms with Gasteiger partial charge in [-0.15, -0.1) is 0 Å². The zero-order valence-corrected chi connectivity index (χ0v) is 10.3. The van der Waals surface area contributed by atoms with Crippen LogP contribution in [0, 0.1) is 5.41 Å². The van der Waals surface area contributed by atoms with Crippen LogP contribution >= 0.6 is 0 Å². The lowest BCUT2D eigenvalue weighted by Crippen LogP contribution is -2.33. The van der Waals surface area contributed by atoms with Gasteiger partial charge in [0.15, 0.2) is 9.84 Å². The van der Waals surface area contributed by atoms with E-state index in [0.717, 1.165) is 6.42 Å². The van der Waals surface area contributed by atoms with E-state index in [2.05, 4.69) is 0 Å². The van der Waals surface area contributed by atoms with Crippen LogP contribution in [0.5, 0.6) is 0 Å². The Morgan fingerprint density at radius 2 is 2.13 bits per heavy atom. The second kappa shape index (κ2) is 4.80. The molecule has 1 aliphatic rings. The highest BCUT2D eigenvalue weighted by Gasteiger charge is 2.40. The van der Waals surface area contributed by atoms with Gasteiger partial charge in [-0.3, -0.25) is 0 Å². The first kappa shape index (κ1) is 12.9. The molecule has 0 aromatic carbocycles. The quantitative estimate of drug-likeness (QED) is 0.756. The Labute approximate surface area is 92.1 Å². The maximum absolute atomic E-state index is 11.4. The number of hydrogen-bond acceptors (Lipinski definition) is 4. The van der Waals surface area contributed by atoms with Crippen molar-refractivity contribution in [3.8, 4) is 0 Å². The summed E-state index contributed by atoms with van der Waals surface area (Å²) in [7, 11) is -2.85. The Balaban J connectivity index is 2.49. The second-order valence-electron chi connectivity index (χ2n) is 4.72. The molecule has 1 unspecified atom stereocenters. The Morgan fingerprint density at radius 3 is 2.53 bits per heavy atom. The molecule has 0 saturated carbocycles. The molecule has 1 aliphatic heterocycles. The van der Waals surface area contributed by atoms with Crippen molar-refractivity contribution in [1.82, 2.24) is 0 Å². The smallest absolute Gasteiger partial charge is 0.150 e. The fourth-order valence-corrected chi connectivity index (χ4v) is 4.18. The van der Waals surface area contributed by atoms with Crippen LogP contribution in [-0.2, 0) is 14.6 Å². The summed E-state index contributed by atoms with van der Waals surface area (Å²) in [5.74, 6) is 0.518. The molecular formula is C10H21NO3S. The fraction of sp³-hybridized carbons (Fsp3) is 1.00. The van der Waals surface area contributed by atoms with Crippen LogP contribution in [0.4, 0.5) is 0 Å². The normalized spacial score (nSPS) is 29.9. The molecule has 0 aliphatic carbocycles. The van der Waals surface area contributed by atoms with Gasteiger partial charge in [-0.1, -0.05) is 0 Å². The topological polar surface area (TPSA) is 69.4 Å². The lowest BCUT2D eigenvalue weighted by atomic mass is 9.84. The molecule has 0 aromatic heterocycles. The third-order valence-corrected chi connectivity index (χ3v) is 4.86. The first-order valence-electron chi connectivity index (χ1n) is 5.41. The summed E-state index contributed by atoms with van der Waals surface area (Å²) >= 11 is 0. The van der Waals surface area contributed by atoms with E-state index in [1.54, 1.807) is 0 Å². The van der Waals surface area contributed by atoms with Gasteiger partial charge in [0.25, 0.3) is 0 Å². The largest absolute Gasteiger partial charge is 0.379 e. The average molecular weight is 235 g/mol. The molecule has 0 aromatic rings. The van der Waals surface area contributed by atoms with Crippen LogP contribution in [0.1, 0.15) is 26.7 Å². The Kier molecular flexibility index (Phi) is 4.14. The SMILES string of the molecule is CC(C)OCCC1(CN)CCS(=O)(=O)C1. The minimum absolute atomic E-state index is 0.192. The molecule has 15 heavy (non-hydrogen) atoms. The van der Waals surface area contributed by atoms with Gasteiger partial charge >= 0.3 is 0 Å². The molecule has 5 heteroatoms. The molecule has 1 heterocycles. The van der Waals surface area contributed by atoms with Crippen molar-refractivity contribution in [1.29, 1.82) is 0 Å². The summed E-state index contributed by atoms with van der Waals surface area (Å²) in [6.07, 6.45) is 1.63. The molecule has 1 atom stereocenters. The van der Waals surface area contributed by atoms with Crippen LogP contribution in [0.3, 0.4) is 0 Å². The van der Waals surface area contributed by atoms with E-state index in [9.17, 15) is 8.42 Å². The zero-order chi connectivity index (χ0) is 11.5. The number of sulfone groups is 1. The predicted molar refractivity (Wildman–Crippen MR) is 60.5 cm³/mol. The molecule has 90 valence electrons. The van der Waals surface area contributed by atoms with Crippen molar-refractivity contribution < 1.29 is 13.2 Å². The van der Waals surface area contributed by atoms with Crippen molar-refractivity contribution >= 4 is 9.84 Å². The maximum atomic E-state index is 11.4. The highest BCUT2D eigenvalue weighted by atomic mass is 32.2. The Hall–Kier alpha value is -0.130. The van der Waals surface area contributed by atoms with Gasteiger partial charge in [0.05, 0.1) is 17.6 Å². The van der Waals surface area contributed by atoms with Gasteiger partial charge < -0.3 is 10.5 Å². The van der Waals surface area contributed by atoms with Crippen LogP contribution in [0.15, 0.2) is 0 Å². The molecule has 0 amide bonds. The minimum Gasteiger partial charge on any atom is -0.379 e. The predicted octanol–water partition coefficient (Wildman–Crippen LogP) is 0.565. The van der Waals surface area contributed by atoms with E-state index in [1.807, 2.05) is 13.8 Å². The number of hydrogen-bond donors (Lipinski definition) is 1. The molecule has 0 spiro atoms. The summed E-state index contributed by atoms with van der Waals surface area (Å²) in [6.45, 7) is 4.99. The van der Waals surface area contributed by atoms with Crippen molar-refractivity contribution in [3.63, 3.8) is 0 Å². The first-order chi connectivity index (χ1) is 6.89. The Morgan fingerprint density at radius 1 is 1.47 bits per heavy atom. The van der Waals surface area contributed by atoms with Crippen molar-refractivity contribution in [2.75, 3.05) is 24.7 Å². The van der Waals surface area contributed by atoms with E-state index in [-0.39, 0.29) is 23.0 Å². The number of rotatable bonds is 5. The summed E-state index contributed by atoms with van der Waals surface area (Å²) in [5, 5.41) is 0. The summed E-state index contributed by atoms with van der Waals surface area (Å²) < 4.78 is 28.3. The standard InChI is InChI=1S/C10H21NO3S/c1-9(2)14-5-3-10(7-11)4-6-15(12,13)8-10/h9H,3-8,11H2,1-2H3. The first-order valence-corrected chi connectivity index (χ1v) is 7.23. The number of ether oxygens (including phenoxy) is 1. The van der Waals surface area contributed by atoms with Crippen LogP contribution in [-0.4, -0.2) is 39.2 Å². The Bertz CT molecular complexity index is 300. The third-order valence-electron chi connectivity index (χ3n) is 2.99. The molecule has 2 N–H and O–H groups in total. The molecule has 1 fully saturated rings. The van der Waals surface area contributed by atoms with Crippen molar-refractivity contribution in [2.45, 2.75) is 32.8 Å². The summed E-state index contributed by atoms with van der Waals surface area (Å²) in [4.78, 5) is 0. The van der Waals surface area contributed by atoms with E-state index in [4.69, 9.17) is 10.5 Å². The average Bonchev–Trinajstić information content (AvgIpc) is 2.42. The molecule has 1 saturated heterocycles. The van der Waals surface area contributed by atoms with Gasteiger partial charge in [-0.2, -0.15) is 0 Å². The van der Waals surface area contributed by atoms with Crippen LogP contribution in [0.25, 0.3) is 0 Å². The minimum atomic E-state index is -2.85. The monoisotopic (exact) mass is 235 g/mol. The van der Waals surface area contributed by atoms with E-state index in [1.165, 1.54) is 0 Å². The summed E-state index contributed by atoms with van der Waals surface area (Å²) in [5.41, 5.74) is 5.46. The van der Waals surface area contributed by atoms with E-state index < -0.39 is 9.84 Å². The lowest BCUT2D eigenvalue weighted by Gasteiger charge is -2.25. The van der Waals surface area contributed by atoms with Gasteiger partial charge in [-0.25, -0.2) is 8.42 Å². The highest BCUT2D eigenvalue weighted by Crippen LogP contribution is 2.34.